The van der Waals surface area contributed by atoms with Gasteiger partial charge in [0, 0.05) is 31.0 Å². The average Bonchev–Trinajstić information content (AvgIpc) is 2.52. The van der Waals surface area contributed by atoms with Gasteiger partial charge in [-0.15, -0.1) is 0 Å². The Balaban J connectivity index is 2.16. The number of aromatic nitrogens is 2. The predicted molar refractivity (Wildman–Crippen MR) is 89.4 cm³/mol. The number of nitriles is 1. The fourth-order valence-corrected chi connectivity index (χ4v) is 2.06. The highest BCUT2D eigenvalue weighted by Crippen LogP contribution is 2.18. The Hall–Kier alpha value is -2.61. The molecule has 22 heavy (non-hydrogen) atoms. The molecule has 0 aliphatic rings. The number of hydrogen-bond donors (Lipinski definition) is 1. The van der Waals surface area contributed by atoms with Crippen molar-refractivity contribution >= 4 is 17.5 Å². The largest absolute Gasteiger partial charge is 0.344 e. The van der Waals surface area contributed by atoms with Crippen LogP contribution in [-0.4, -0.2) is 23.6 Å². The number of benzene rings is 1. The number of anilines is 3. The van der Waals surface area contributed by atoms with E-state index in [2.05, 4.69) is 33.2 Å². The highest BCUT2D eigenvalue weighted by molar-refractivity contribution is 5.58. The van der Waals surface area contributed by atoms with Crippen molar-refractivity contribution in [2.45, 2.75) is 26.7 Å². The smallest absolute Gasteiger partial charge is 0.227 e. The Bertz CT molecular complexity index is 658. The lowest BCUT2D eigenvalue weighted by Crippen LogP contribution is -2.21. The summed E-state index contributed by atoms with van der Waals surface area (Å²) in [5.41, 5.74) is 2.47. The predicted octanol–water partition coefficient (Wildman–Crippen LogP) is 3.64. The summed E-state index contributed by atoms with van der Waals surface area (Å²) >= 11 is 0. The van der Waals surface area contributed by atoms with Crippen molar-refractivity contribution in [1.82, 2.24) is 9.97 Å². The summed E-state index contributed by atoms with van der Waals surface area (Å²) in [6.45, 7) is 5.07. The van der Waals surface area contributed by atoms with E-state index < -0.39 is 0 Å². The van der Waals surface area contributed by atoms with Crippen LogP contribution in [0.3, 0.4) is 0 Å². The third-order valence-electron chi connectivity index (χ3n) is 3.32. The molecule has 0 aliphatic heterocycles. The van der Waals surface area contributed by atoms with E-state index in [1.165, 1.54) is 0 Å². The SMILES string of the molecule is CCCCN(C)c1nc(C)cc(Nc2ccc(C#N)cc2)n1. The molecule has 5 nitrogen and oxygen atoms in total. The Morgan fingerprint density at radius 2 is 1.95 bits per heavy atom. The first-order valence-corrected chi connectivity index (χ1v) is 7.46. The molecule has 1 aromatic heterocycles. The van der Waals surface area contributed by atoms with Crippen molar-refractivity contribution in [2.75, 3.05) is 23.8 Å². The van der Waals surface area contributed by atoms with E-state index in [9.17, 15) is 0 Å². The van der Waals surface area contributed by atoms with Crippen molar-refractivity contribution in [3.05, 3.63) is 41.6 Å². The zero-order valence-corrected chi connectivity index (χ0v) is 13.3. The first-order chi connectivity index (χ1) is 10.6. The number of nitrogens with one attached hydrogen (secondary N) is 1. The minimum atomic E-state index is 0.643. The Morgan fingerprint density at radius 3 is 2.59 bits per heavy atom. The molecule has 0 radical (unpaired) electrons. The van der Waals surface area contributed by atoms with Gasteiger partial charge in [-0.1, -0.05) is 13.3 Å². The standard InChI is InChI=1S/C17H21N5/c1-4-5-10-22(3)17-19-13(2)11-16(21-17)20-15-8-6-14(12-18)7-9-15/h6-9,11H,4-5,10H2,1-3H3,(H,19,20,21). The molecule has 0 aliphatic carbocycles. The molecular formula is C17H21N5. The van der Waals surface area contributed by atoms with Gasteiger partial charge in [0.1, 0.15) is 5.82 Å². The van der Waals surface area contributed by atoms with Crippen molar-refractivity contribution in [3.63, 3.8) is 0 Å². The van der Waals surface area contributed by atoms with Gasteiger partial charge in [-0.05, 0) is 37.6 Å². The normalized spacial score (nSPS) is 10.1. The summed E-state index contributed by atoms with van der Waals surface area (Å²) in [5, 5.41) is 12.1. The van der Waals surface area contributed by atoms with Gasteiger partial charge < -0.3 is 10.2 Å². The molecule has 0 spiro atoms. The summed E-state index contributed by atoms with van der Waals surface area (Å²) in [7, 11) is 2.01. The van der Waals surface area contributed by atoms with E-state index in [1.54, 1.807) is 12.1 Å². The summed E-state index contributed by atoms with van der Waals surface area (Å²) in [6, 6.07) is 11.3. The number of unbranched alkanes of at least 4 members (excludes halogenated alkanes) is 1. The molecule has 114 valence electrons. The maximum absolute atomic E-state index is 8.83. The second-order valence-electron chi connectivity index (χ2n) is 5.28. The van der Waals surface area contributed by atoms with Crippen LogP contribution in [0.2, 0.25) is 0 Å². The summed E-state index contributed by atoms with van der Waals surface area (Å²) < 4.78 is 0. The van der Waals surface area contributed by atoms with Gasteiger partial charge in [0.25, 0.3) is 0 Å². The van der Waals surface area contributed by atoms with Crippen molar-refractivity contribution in [2.24, 2.45) is 0 Å². The van der Waals surface area contributed by atoms with E-state index in [4.69, 9.17) is 5.26 Å². The lowest BCUT2D eigenvalue weighted by molar-refractivity contribution is 0.749. The topological polar surface area (TPSA) is 64.8 Å². The number of aryl methyl sites for hydroxylation is 1. The zero-order valence-electron chi connectivity index (χ0n) is 13.3. The van der Waals surface area contributed by atoms with Gasteiger partial charge in [-0.3, -0.25) is 0 Å². The lowest BCUT2D eigenvalue weighted by atomic mass is 10.2. The van der Waals surface area contributed by atoms with Gasteiger partial charge in [0.2, 0.25) is 5.95 Å². The van der Waals surface area contributed by atoms with Crippen LogP contribution in [0.25, 0.3) is 0 Å². The van der Waals surface area contributed by atoms with Crippen LogP contribution >= 0.6 is 0 Å². The first-order valence-electron chi connectivity index (χ1n) is 7.46. The number of hydrogen-bond acceptors (Lipinski definition) is 5. The first kappa shape index (κ1) is 15.8. The van der Waals surface area contributed by atoms with Crippen LogP contribution in [0.5, 0.6) is 0 Å². The second kappa shape index (κ2) is 7.41. The summed E-state index contributed by atoms with van der Waals surface area (Å²) in [6.07, 6.45) is 2.26. The Labute approximate surface area is 131 Å². The van der Waals surface area contributed by atoms with Gasteiger partial charge in [-0.25, -0.2) is 4.98 Å². The van der Waals surface area contributed by atoms with Crippen LogP contribution in [-0.2, 0) is 0 Å². The van der Waals surface area contributed by atoms with Gasteiger partial charge in [0.05, 0.1) is 11.6 Å². The molecule has 2 aromatic rings. The highest BCUT2D eigenvalue weighted by atomic mass is 15.2. The monoisotopic (exact) mass is 295 g/mol. The average molecular weight is 295 g/mol. The third kappa shape index (κ3) is 4.19. The lowest BCUT2D eigenvalue weighted by Gasteiger charge is -2.18. The Morgan fingerprint density at radius 1 is 1.23 bits per heavy atom. The molecule has 0 bridgehead atoms. The second-order valence-corrected chi connectivity index (χ2v) is 5.28. The molecule has 0 unspecified atom stereocenters. The van der Waals surface area contributed by atoms with E-state index >= 15 is 0 Å². The quantitative estimate of drug-likeness (QED) is 0.881. The van der Waals surface area contributed by atoms with Crippen LogP contribution in [0.4, 0.5) is 17.5 Å². The molecule has 0 amide bonds. The van der Waals surface area contributed by atoms with E-state index in [0.717, 1.165) is 42.5 Å². The van der Waals surface area contributed by atoms with Crippen LogP contribution in [0.1, 0.15) is 31.0 Å². The molecule has 1 N–H and O–H groups in total. The molecule has 1 heterocycles. The van der Waals surface area contributed by atoms with E-state index in [-0.39, 0.29) is 0 Å². The van der Waals surface area contributed by atoms with Gasteiger partial charge >= 0.3 is 0 Å². The van der Waals surface area contributed by atoms with Gasteiger partial charge in [-0.2, -0.15) is 10.2 Å². The van der Waals surface area contributed by atoms with Crippen LogP contribution in [0, 0.1) is 18.3 Å². The van der Waals surface area contributed by atoms with Crippen LogP contribution < -0.4 is 10.2 Å². The molecule has 0 saturated carbocycles. The Kier molecular flexibility index (Phi) is 5.31. The molecule has 5 heteroatoms. The van der Waals surface area contributed by atoms with Crippen molar-refractivity contribution < 1.29 is 0 Å². The maximum atomic E-state index is 8.83. The minimum Gasteiger partial charge on any atom is -0.344 e. The van der Waals surface area contributed by atoms with E-state index in [1.807, 2.05) is 32.2 Å². The molecule has 0 fully saturated rings. The van der Waals surface area contributed by atoms with Gasteiger partial charge in [0.15, 0.2) is 0 Å². The summed E-state index contributed by atoms with van der Waals surface area (Å²) in [5.74, 6) is 1.49. The molecular weight excluding hydrogens is 274 g/mol. The fraction of sp³-hybridized carbons (Fsp3) is 0.353. The zero-order chi connectivity index (χ0) is 15.9. The molecule has 0 atom stereocenters. The third-order valence-corrected chi connectivity index (χ3v) is 3.32. The highest BCUT2D eigenvalue weighted by Gasteiger charge is 2.07. The fourth-order valence-electron chi connectivity index (χ4n) is 2.06. The van der Waals surface area contributed by atoms with Crippen molar-refractivity contribution in [1.29, 1.82) is 5.26 Å². The number of rotatable bonds is 6. The van der Waals surface area contributed by atoms with E-state index in [0.29, 0.717) is 5.56 Å². The number of nitrogens with zero attached hydrogens (tertiary/aromatic N) is 4. The summed E-state index contributed by atoms with van der Waals surface area (Å²) in [4.78, 5) is 11.1. The van der Waals surface area contributed by atoms with Crippen LogP contribution in [0.15, 0.2) is 30.3 Å². The molecule has 1 aromatic carbocycles. The van der Waals surface area contributed by atoms with Crippen molar-refractivity contribution in [3.8, 4) is 6.07 Å². The molecule has 2 rings (SSSR count). The molecule has 0 saturated heterocycles. The minimum absolute atomic E-state index is 0.643. The maximum Gasteiger partial charge on any atom is 0.227 e.